The molecule has 1 N–H and O–H groups in total. The molecular formula is C23H21ClN2O. The Hall–Kier alpha value is -2.78. The summed E-state index contributed by atoms with van der Waals surface area (Å²) in [4.78, 5) is 5.03. The van der Waals surface area contributed by atoms with Gasteiger partial charge in [-0.15, -0.1) is 0 Å². The average Bonchev–Trinajstić information content (AvgIpc) is 3.06. The molecule has 2 atom stereocenters. The molecule has 0 fully saturated rings. The van der Waals surface area contributed by atoms with Crippen molar-refractivity contribution in [1.29, 1.82) is 0 Å². The maximum atomic E-state index is 6.20. The lowest BCUT2D eigenvalue weighted by Crippen LogP contribution is -2.34. The van der Waals surface area contributed by atoms with Crippen molar-refractivity contribution in [3.63, 3.8) is 0 Å². The fourth-order valence-corrected chi connectivity index (χ4v) is 3.72. The number of hydrogen-bond donors (Lipinski definition) is 1. The van der Waals surface area contributed by atoms with Crippen molar-refractivity contribution in [2.75, 3.05) is 6.61 Å². The predicted octanol–water partition coefficient (Wildman–Crippen LogP) is 5.38. The lowest BCUT2D eigenvalue weighted by Gasteiger charge is -2.30. The number of ether oxygens (including phenoxy) is 1. The summed E-state index contributed by atoms with van der Waals surface area (Å²) in [5, 5.41) is 4.17. The van der Waals surface area contributed by atoms with Crippen molar-refractivity contribution in [2.24, 2.45) is 4.99 Å². The van der Waals surface area contributed by atoms with E-state index in [2.05, 4.69) is 60.8 Å². The minimum atomic E-state index is -0.415. The zero-order valence-electron chi connectivity index (χ0n) is 15.1. The molecule has 4 rings (SSSR count). The second-order valence-corrected chi connectivity index (χ2v) is 7.19. The molecule has 0 radical (unpaired) electrons. The van der Waals surface area contributed by atoms with Crippen LogP contribution in [0.25, 0.3) is 0 Å². The molecule has 0 aliphatic carbocycles. The van der Waals surface area contributed by atoms with Gasteiger partial charge >= 0.3 is 0 Å². The van der Waals surface area contributed by atoms with Gasteiger partial charge in [0.15, 0.2) is 0 Å². The highest BCUT2D eigenvalue weighted by Gasteiger charge is 2.42. The Kier molecular flexibility index (Phi) is 4.87. The summed E-state index contributed by atoms with van der Waals surface area (Å²) in [6.07, 6.45) is 0. The van der Waals surface area contributed by atoms with Crippen LogP contribution in [0, 0.1) is 0 Å². The first-order chi connectivity index (χ1) is 13.2. The quantitative estimate of drug-likeness (QED) is 0.648. The Morgan fingerprint density at radius 1 is 0.926 bits per heavy atom. The Morgan fingerprint density at radius 3 is 2.26 bits per heavy atom. The molecule has 4 heteroatoms. The minimum absolute atomic E-state index is 0.0333. The number of nitrogens with one attached hydrogen (secondary N) is 1. The second-order valence-electron chi connectivity index (χ2n) is 6.78. The van der Waals surface area contributed by atoms with E-state index in [4.69, 9.17) is 21.3 Å². The van der Waals surface area contributed by atoms with Gasteiger partial charge in [-0.1, -0.05) is 84.4 Å². The fourth-order valence-electron chi connectivity index (χ4n) is 3.53. The summed E-state index contributed by atoms with van der Waals surface area (Å²) in [7, 11) is 0. The van der Waals surface area contributed by atoms with Crippen LogP contribution in [0.2, 0.25) is 5.02 Å². The third-order valence-electron chi connectivity index (χ3n) is 4.93. The number of hydrogen-bond acceptors (Lipinski definition) is 3. The second kappa shape index (κ2) is 7.45. The molecule has 1 heterocycles. The lowest BCUT2D eigenvalue weighted by atomic mass is 9.82. The molecule has 0 spiro atoms. The van der Waals surface area contributed by atoms with Gasteiger partial charge in [0.1, 0.15) is 23.7 Å². The topological polar surface area (TPSA) is 33.6 Å². The maximum absolute atomic E-state index is 6.20. The Balaban J connectivity index is 1.64. The van der Waals surface area contributed by atoms with Crippen molar-refractivity contribution >= 4 is 17.4 Å². The van der Waals surface area contributed by atoms with Gasteiger partial charge in [-0.05, 0) is 30.2 Å². The van der Waals surface area contributed by atoms with Crippen molar-refractivity contribution in [1.82, 2.24) is 5.32 Å². The Morgan fingerprint density at radius 2 is 1.56 bits per heavy atom. The summed E-state index contributed by atoms with van der Waals surface area (Å²) >= 11 is 6.20. The van der Waals surface area contributed by atoms with Crippen molar-refractivity contribution < 1.29 is 4.74 Å². The lowest BCUT2D eigenvalue weighted by molar-refractivity contribution is 0.372. The summed E-state index contributed by atoms with van der Waals surface area (Å²) < 4.78 is 5.91. The summed E-state index contributed by atoms with van der Waals surface area (Å²) in [5.74, 6) is 1.48. The molecular weight excluding hydrogens is 356 g/mol. The number of amidine groups is 1. The average molecular weight is 377 g/mol. The van der Waals surface area contributed by atoms with Gasteiger partial charge in [0, 0.05) is 0 Å². The SMILES string of the molecule is C[C@@]1(c2ccccc2)N=C(COc2ccccc2Cl)N[C@@H]1c1ccccc1. The van der Waals surface area contributed by atoms with Crippen LogP contribution in [0.3, 0.4) is 0 Å². The number of halogens is 1. The van der Waals surface area contributed by atoms with Crippen molar-refractivity contribution in [3.8, 4) is 5.75 Å². The van der Waals surface area contributed by atoms with Gasteiger partial charge in [0.2, 0.25) is 0 Å². The van der Waals surface area contributed by atoms with E-state index < -0.39 is 5.54 Å². The minimum Gasteiger partial charge on any atom is -0.484 e. The molecule has 136 valence electrons. The molecule has 0 unspecified atom stereocenters. The number of nitrogens with zero attached hydrogens (tertiary/aromatic N) is 1. The number of aliphatic imine (C=N–C) groups is 1. The number of rotatable bonds is 5. The van der Waals surface area contributed by atoms with E-state index in [-0.39, 0.29) is 6.04 Å². The van der Waals surface area contributed by atoms with Crippen LogP contribution in [-0.4, -0.2) is 12.4 Å². The summed E-state index contributed by atoms with van der Waals surface area (Å²) in [6.45, 7) is 2.50. The molecule has 1 aliphatic rings. The fraction of sp³-hybridized carbons (Fsp3) is 0.174. The molecule has 3 aromatic carbocycles. The summed E-state index contributed by atoms with van der Waals surface area (Å²) in [6, 6.07) is 28.3. The van der Waals surface area contributed by atoms with Gasteiger partial charge in [0.25, 0.3) is 0 Å². The van der Waals surface area contributed by atoms with Crippen LogP contribution in [0.5, 0.6) is 5.75 Å². The van der Waals surface area contributed by atoms with Gasteiger partial charge in [-0.3, -0.25) is 4.99 Å². The highest BCUT2D eigenvalue weighted by molar-refractivity contribution is 6.32. The van der Waals surface area contributed by atoms with Crippen LogP contribution in [0.4, 0.5) is 0 Å². The van der Waals surface area contributed by atoms with E-state index in [1.165, 1.54) is 11.1 Å². The number of benzene rings is 3. The van der Waals surface area contributed by atoms with Crippen LogP contribution in [-0.2, 0) is 5.54 Å². The zero-order chi connectivity index (χ0) is 18.7. The summed E-state index contributed by atoms with van der Waals surface area (Å²) in [5.41, 5.74) is 1.95. The molecule has 0 aromatic heterocycles. The standard InChI is InChI=1S/C23H21ClN2O/c1-23(18-12-6-3-7-13-18)22(17-10-4-2-5-11-17)25-21(26-23)16-27-20-15-9-8-14-19(20)24/h2-15,22H,16H2,1H3,(H,25,26)/t22-,23+/m1/s1. The van der Waals surface area contributed by atoms with Crippen LogP contribution >= 0.6 is 11.6 Å². The third-order valence-corrected chi connectivity index (χ3v) is 5.24. The van der Waals surface area contributed by atoms with E-state index in [1.54, 1.807) is 0 Å². The number of para-hydroxylation sites is 1. The normalized spacial score (nSPS) is 21.4. The monoisotopic (exact) mass is 376 g/mol. The molecule has 3 aromatic rings. The van der Waals surface area contributed by atoms with E-state index in [0.717, 1.165) is 5.84 Å². The van der Waals surface area contributed by atoms with E-state index in [0.29, 0.717) is 17.4 Å². The van der Waals surface area contributed by atoms with Gasteiger partial charge in [0.05, 0.1) is 11.1 Å². The van der Waals surface area contributed by atoms with Crippen LogP contribution < -0.4 is 10.1 Å². The maximum Gasteiger partial charge on any atom is 0.145 e. The first-order valence-electron chi connectivity index (χ1n) is 9.00. The zero-order valence-corrected chi connectivity index (χ0v) is 15.9. The van der Waals surface area contributed by atoms with E-state index in [9.17, 15) is 0 Å². The molecule has 1 aliphatic heterocycles. The molecule has 27 heavy (non-hydrogen) atoms. The van der Waals surface area contributed by atoms with E-state index >= 15 is 0 Å². The molecule has 0 bridgehead atoms. The predicted molar refractivity (Wildman–Crippen MR) is 110 cm³/mol. The van der Waals surface area contributed by atoms with Crippen molar-refractivity contribution in [3.05, 3.63) is 101 Å². The smallest absolute Gasteiger partial charge is 0.145 e. The van der Waals surface area contributed by atoms with Crippen molar-refractivity contribution in [2.45, 2.75) is 18.5 Å². The van der Waals surface area contributed by atoms with E-state index in [1.807, 2.05) is 36.4 Å². The Bertz CT molecular complexity index is 943. The Labute approximate surface area is 164 Å². The van der Waals surface area contributed by atoms with Gasteiger partial charge < -0.3 is 10.1 Å². The molecule has 3 nitrogen and oxygen atoms in total. The first kappa shape index (κ1) is 17.6. The highest BCUT2D eigenvalue weighted by Crippen LogP contribution is 2.42. The highest BCUT2D eigenvalue weighted by atomic mass is 35.5. The van der Waals surface area contributed by atoms with Gasteiger partial charge in [-0.2, -0.15) is 0 Å². The van der Waals surface area contributed by atoms with Crippen LogP contribution in [0.15, 0.2) is 89.9 Å². The molecule has 0 amide bonds. The third kappa shape index (κ3) is 3.56. The van der Waals surface area contributed by atoms with Crippen LogP contribution in [0.1, 0.15) is 24.1 Å². The first-order valence-corrected chi connectivity index (χ1v) is 9.38. The van der Waals surface area contributed by atoms with Gasteiger partial charge in [-0.25, -0.2) is 0 Å². The largest absolute Gasteiger partial charge is 0.484 e. The molecule has 0 saturated heterocycles. The molecule has 0 saturated carbocycles.